The van der Waals surface area contributed by atoms with Crippen molar-refractivity contribution in [2.45, 2.75) is 6.42 Å². The summed E-state index contributed by atoms with van der Waals surface area (Å²) in [6, 6.07) is 0. The minimum Gasteiger partial charge on any atom is -0.397 e. The molecule has 1 rings (SSSR count). The summed E-state index contributed by atoms with van der Waals surface area (Å²) < 4.78 is 0. The largest absolute Gasteiger partial charge is 0.397 e. The zero-order valence-electron chi connectivity index (χ0n) is 4.29. The molecule has 42 valence electrons. The van der Waals surface area contributed by atoms with Gasteiger partial charge >= 0.3 is 0 Å². The molecule has 0 aromatic rings. The SMILES string of the molecule is NC1=CN=CCC1=S. The van der Waals surface area contributed by atoms with Crippen molar-refractivity contribution in [3.8, 4) is 0 Å². The summed E-state index contributed by atoms with van der Waals surface area (Å²) in [5, 5.41) is 0. The van der Waals surface area contributed by atoms with E-state index in [9.17, 15) is 0 Å². The highest BCUT2D eigenvalue weighted by atomic mass is 32.1. The summed E-state index contributed by atoms with van der Waals surface area (Å²) in [6.45, 7) is 0. The van der Waals surface area contributed by atoms with Crippen molar-refractivity contribution in [1.82, 2.24) is 0 Å². The standard InChI is InChI=1S/C5H6N2S/c6-4-3-7-2-1-5(4)8/h2-3H,1,6H2. The predicted octanol–water partition coefficient (Wildman–Crippen LogP) is 0.631. The Morgan fingerprint density at radius 1 is 1.75 bits per heavy atom. The van der Waals surface area contributed by atoms with Crippen molar-refractivity contribution in [2.24, 2.45) is 10.7 Å². The molecule has 1 aliphatic heterocycles. The van der Waals surface area contributed by atoms with E-state index in [4.69, 9.17) is 18.0 Å². The van der Waals surface area contributed by atoms with Gasteiger partial charge in [0.1, 0.15) is 0 Å². The van der Waals surface area contributed by atoms with E-state index >= 15 is 0 Å². The average molecular weight is 126 g/mol. The first-order valence-electron chi connectivity index (χ1n) is 2.31. The molecule has 1 aliphatic rings. The molecule has 0 saturated heterocycles. The minimum atomic E-state index is 0.627. The Morgan fingerprint density at radius 2 is 2.50 bits per heavy atom. The van der Waals surface area contributed by atoms with Gasteiger partial charge in [0, 0.05) is 17.5 Å². The van der Waals surface area contributed by atoms with Gasteiger partial charge < -0.3 is 5.73 Å². The number of aliphatic imine (C=N–C) groups is 1. The molecule has 0 amide bonds. The van der Waals surface area contributed by atoms with Crippen LogP contribution >= 0.6 is 12.2 Å². The van der Waals surface area contributed by atoms with Crippen LogP contribution in [0.5, 0.6) is 0 Å². The molecule has 2 nitrogen and oxygen atoms in total. The third-order valence-electron chi connectivity index (χ3n) is 0.918. The first kappa shape index (κ1) is 5.44. The molecule has 0 aromatic carbocycles. The Hall–Kier alpha value is -0.700. The molecule has 0 bridgehead atoms. The average Bonchev–Trinajstić information content (AvgIpc) is 1.77. The van der Waals surface area contributed by atoms with E-state index in [0.29, 0.717) is 5.70 Å². The lowest BCUT2D eigenvalue weighted by Gasteiger charge is -2.01. The fourth-order valence-electron chi connectivity index (χ4n) is 0.458. The van der Waals surface area contributed by atoms with Crippen molar-refractivity contribution in [3.63, 3.8) is 0 Å². The molecule has 0 spiro atoms. The maximum atomic E-state index is 5.38. The number of hydrogen-bond acceptors (Lipinski definition) is 3. The van der Waals surface area contributed by atoms with Crippen LogP contribution in [0.4, 0.5) is 0 Å². The Bertz CT molecular complexity index is 169. The van der Waals surface area contributed by atoms with Crippen LogP contribution in [0.2, 0.25) is 0 Å². The van der Waals surface area contributed by atoms with Gasteiger partial charge in [-0.15, -0.1) is 0 Å². The summed E-state index contributed by atoms with van der Waals surface area (Å²) >= 11 is 4.84. The zero-order valence-corrected chi connectivity index (χ0v) is 5.11. The number of hydrogen-bond donors (Lipinski definition) is 1. The molecule has 0 saturated carbocycles. The molecular weight excluding hydrogens is 120 g/mol. The van der Waals surface area contributed by atoms with Gasteiger partial charge in [0.2, 0.25) is 0 Å². The Kier molecular flexibility index (Phi) is 1.39. The third-order valence-corrected chi connectivity index (χ3v) is 1.32. The summed E-state index contributed by atoms with van der Waals surface area (Å²) in [7, 11) is 0. The minimum absolute atomic E-state index is 0.627. The van der Waals surface area contributed by atoms with E-state index in [-0.39, 0.29) is 0 Å². The lowest BCUT2D eigenvalue weighted by molar-refractivity contribution is 1.35. The van der Waals surface area contributed by atoms with Crippen molar-refractivity contribution in [3.05, 3.63) is 11.9 Å². The van der Waals surface area contributed by atoms with Crippen molar-refractivity contribution in [2.75, 3.05) is 0 Å². The number of allylic oxidation sites excluding steroid dienone is 1. The van der Waals surface area contributed by atoms with Crippen molar-refractivity contribution < 1.29 is 0 Å². The molecular formula is C5H6N2S. The monoisotopic (exact) mass is 126 g/mol. The Balaban J connectivity index is 2.80. The third kappa shape index (κ3) is 0.924. The molecule has 0 aromatic heterocycles. The van der Waals surface area contributed by atoms with Gasteiger partial charge in [-0.3, -0.25) is 4.99 Å². The first-order valence-corrected chi connectivity index (χ1v) is 2.72. The molecule has 2 N–H and O–H groups in total. The molecule has 0 radical (unpaired) electrons. The van der Waals surface area contributed by atoms with E-state index in [0.717, 1.165) is 11.3 Å². The lowest BCUT2D eigenvalue weighted by Crippen LogP contribution is -2.11. The van der Waals surface area contributed by atoms with Gasteiger partial charge in [-0.1, -0.05) is 12.2 Å². The van der Waals surface area contributed by atoms with Crippen LogP contribution in [0, 0.1) is 0 Å². The second kappa shape index (κ2) is 2.05. The quantitative estimate of drug-likeness (QED) is 0.483. The van der Waals surface area contributed by atoms with Crippen LogP contribution in [-0.2, 0) is 0 Å². The topological polar surface area (TPSA) is 38.4 Å². The molecule has 0 fully saturated rings. The van der Waals surface area contributed by atoms with E-state index < -0.39 is 0 Å². The Morgan fingerprint density at radius 3 is 2.88 bits per heavy atom. The zero-order chi connectivity index (χ0) is 5.98. The summed E-state index contributed by atoms with van der Waals surface area (Å²) in [5.41, 5.74) is 6.01. The molecule has 0 atom stereocenters. The number of nitrogens with two attached hydrogens (primary N) is 1. The van der Waals surface area contributed by atoms with Crippen LogP contribution in [0.25, 0.3) is 0 Å². The summed E-state index contributed by atoms with van der Waals surface area (Å²) in [5.74, 6) is 0. The molecule has 3 heteroatoms. The van der Waals surface area contributed by atoms with E-state index in [1.54, 1.807) is 12.4 Å². The molecule has 1 heterocycles. The predicted molar refractivity (Wildman–Crippen MR) is 38.0 cm³/mol. The van der Waals surface area contributed by atoms with Crippen LogP contribution in [0.15, 0.2) is 16.9 Å². The van der Waals surface area contributed by atoms with Gasteiger partial charge in [0.15, 0.2) is 0 Å². The second-order valence-electron chi connectivity index (χ2n) is 1.54. The summed E-state index contributed by atoms with van der Waals surface area (Å²) in [6.07, 6.45) is 4.04. The highest BCUT2D eigenvalue weighted by Crippen LogP contribution is 1.99. The normalized spacial score (nSPS) is 18.5. The highest BCUT2D eigenvalue weighted by Gasteiger charge is 1.99. The fourth-order valence-corrected chi connectivity index (χ4v) is 0.586. The molecule has 8 heavy (non-hydrogen) atoms. The van der Waals surface area contributed by atoms with Crippen molar-refractivity contribution in [1.29, 1.82) is 0 Å². The van der Waals surface area contributed by atoms with E-state index in [1.807, 2.05) is 0 Å². The van der Waals surface area contributed by atoms with Gasteiger partial charge in [-0.05, 0) is 0 Å². The van der Waals surface area contributed by atoms with Gasteiger partial charge in [0.25, 0.3) is 0 Å². The number of rotatable bonds is 0. The maximum absolute atomic E-state index is 5.38. The van der Waals surface area contributed by atoms with Crippen LogP contribution in [0.1, 0.15) is 6.42 Å². The smallest absolute Gasteiger partial charge is 0.0645 e. The fraction of sp³-hybridized carbons (Fsp3) is 0.200. The van der Waals surface area contributed by atoms with Crippen LogP contribution in [0.3, 0.4) is 0 Å². The maximum Gasteiger partial charge on any atom is 0.0645 e. The number of thiocarbonyl (C=S) groups is 1. The lowest BCUT2D eigenvalue weighted by atomic mass is 10.2. The first-order chi connectivity index (χ1) is 3.80. The Labute approximate surface area is 53.1 Å². The van der Waals surface area contributed by atoms with Crippen LogP contribution in [-0.4, -0.2) is 11.1 Å². The van der Waals surface area contributed by atoms with E-state index in [2.05, 4.69) is 4.99 Å². The van der Waals surface area contributed by atoms with Gasteiger partial charge in [-0.25, -0.2) is 0 Å². The van der Waals surface area contributed by atoms with E-state index in [1.165, 1.54) is 0 Å². The molecule has 0 aliphatic carbocycles. The van der Waals surface area contributed by atoms with Crippen LogP contribution < -0.4 is 5.73 Å². The number of nitrogens with zero attached hydrogens (tertiary/aromatic N) is 1. The van der Waals surface area contributed by atoms with Gasteiger partial charge in [0.05, 0.1) is 11.9 Å². The highest BCUT2D eigenvalue weighted by molar-refractivity contribution is 7.80. The van der Waals surface area contributed by atoms with Gasteiger partial charge in [-0.2, -0.15) is 0 Å². The van der Waals surface area contributed by atoms with Crippen molar-refractivity contribution >= 4 is 23.3 Å². The molecule has 0 unspecified atom stereocenters. The summed E-state index contributed by atoms with van der Waals surface area (Å²) in [4.78, 5) is 4.60. The second-order valence-corrected chi connectivity index (χ2v) is 2.04.